The van der Waals surface area contributed by atoms with Gasteiger partial charge < -0.3 is 0 Å². The van der Waals surface area contributed by atoms with Gasteiger partial charge in [-0.25, -0.2) is 0 Å². The average Bonchev–Trinajstić information content (AvgIpc) is 2.38. The Kier molecular flexibility index (Phi) is 5.16. The monoisotopic (exact) mass is 340 g/mol. The molecule has 0 heterocycles. The smallest absolute Gasteiger partial charge is 0.0446 e. The van der Waals surface area contributed by atoms with Crippen molar-refractivity contribution in [2.45, 2.75) is 16.1 Å². The Morgan fingerprint density at radius 3 is 2.67 bits per heavy atom. The zero-order valence-corrected chi connectivity index (χ0v) is 13.2. The molecule has 0 N–H and O–H groups in total. The second-order valence-electron chi connectivity index (χ2n) is 4.04. The second kappa shape index (κ2) is 6.65. The molecule has 3 heteroatoms. The second-order valence-corrected chi connectivity index (χ2v) is 6.43. The van der Waals surface area contributed by atoms with Crippen molar-refractivity contribution < 1.29 is 0 Å². The van der Waals surface area contributed by atoms with Gasteiger partial charge in [0.25, 0.3) is 0 Å². The van der Waals surface area contributed by atoms with Crippen LogP contribution in [0.5, 0.6) is 0 Å². The number of alkyl halides is 1. The Bertz CT molecular complexity index is 527. The minimum absolute atomic E-state index is 0.319. The molecule has 0 aliphatic heterocycles. The van der Waals surface area contributed by atoms with E-state index >= 15 is 0 Å². The number of rotatable bonds is 4. The van der Waals surface area contributed by atoms with Crippen LogP contribution in [-0.2, 0) is 6.42 Å². The van der Waals surface area contributed by atoms with Crippen molar-refractivity contribution in [2.24, 2.45) is 0 Å². The first-order valence-corrected chi connectivity index (χ1v) is 8.24. The third kappa shape index (κ3) is 3.53. The lowest BCUT2D eigenvalue weighted by molar-refractivity contribution is 0.925. The van der Waals surface area contributed by atoms with Crippen LogP contribution in [0.15, 0.2) is 53.4 Å². The fraction of sp³-hybridized carbons (Fsp3) is 0.200. The van der Waals surface area contributed by atoms with Gasteiger partial charge in [0.05, 0.1) is 0 Å². The average molecular weight is 342 g/mol. The van der Waals surface area contributed by atoms with Gasteiger partial charge in [0.1, 0.15) is 0 Å². The Balaban J connectivity index is 2.19. The molecule has 0 bridgehead atoms. The standard InChI is InChI=1S/C15H14BrClS/c1-18-15-8-3-2-7-13(15)14(16)10-11-5-4-6-12(17)9-11/h2-9,14H,10H2,1H3. The number of benzene rings is 2. The Hall–Kier alpha value is -0.440. The fourth-order valence-corrected chi connectivity index (χ4v) is 3.70. The van der Waals surface area contributed by atoms with Gasteiger partial charge in [-0.1, -0.05) is 57.9 Å². The van der Waals surface area contributed by atoms with Crippen LogP contribution in [0.1, 0.15) is 16.0 Å². The lowest BCUT2D eigenvalue weighted by Crippen LogP contribution is -1.97. The van der Waals surface area contributed by atoms with Crippen molar-refractivity contribution in [3.63, 3.8) is 0 Å². The molecule has 94 valence electrons. The number of halogens is 2. The first-order valence-electron chi connectivity index (χ1n) is 5.72. The van der Waals surface area contributed by atoms with E-state index in [1.54, 1.807) is 11.8 Å². The van der Waals surface area contributed by atoms with Crippen molar-refractivity contribution in [1.82, 2.24) is 0 Å². The summed E-state index contributed by atoms with van der Waals surface area (Å²) in [5.74, 6) is 0. The quantitative estimate of drug-likeness (QED) is 0.504. The zero-order chi connectivity index (χ0) is 13.0. The van der Waals surface area contributed by atoms with Gasteiger partial charge in [0.2, 0.25) is 0 Å². The van der Waals surface area contributed by atoms with E-state index in [1.165, 1.54) is 16.0 Å². The summed E-state index contributed by atoms with van der Waals surface area (Å²) >= 11 is 11.6. The summed E-state index contributed by atoms with van der Waals surface area (Å²) in [5.41, 5.74) is 2.59. The highest BCUT2D eigenvalue weighted by molar-refractivity contribution is 9.09. The van der Waals surface area contributed by atoms with Gasteiger partial charge in [-0.2, -0.15) is 0 Å². The minimum Gasteiger partial charge on any atom is -0.129 e. The van der Waals surface area contributed by atoms with E-state index in [1.807, 2.05) is 18.2 Å². The van der Waals surface area contributed by atoms with E-state index in [-0.39, 0.29) is 0 Å². The van der Waals surface area contributed by atoms with Crippen molar-refractivity contribution in [2.75, 3.05) is 6.26 Å². The highest BCUT2D eigenvalue weighted by atomic mass is 79.9. The summed E-state index contributed by atoms with van der Waals surface area (Å²) < 4.78 is 0. The highest BCUT2D eigenvalue weighted by Gasteiger charge is 2.12. The van der Waals surface area contributed by atoms with E-state index in [2.05, 4.69) is 52.5 Å². The molecule has 18 heavy (non-hydrogen) atoms. The van der Waals surface area contributed by atoms with Crippen molar-refractivity contribution in [1.29, 1.82) is 0 Å². The number of thioether (sulfide) groups is 1. The molecule has 0 radical (unpaired) electrons. The summed E-state index contributed by atoms with van der Waals surface area (Å²) in [6, 6.07) is 16.5. The maximum Gasteiger partial charge on any atom is 0.0446 e. The van der Waals surface area contributed by atoms with E-state index < -0.39 is 0 Å². The largest absolute Gasteiger partial charge is 0.129 e. The molecule has 2 aromatic carbocycles. The van der Waals surface area contributed by atoms with Crippen LogP contribution in [0.4, 0.5) is 0 Å². The number of hydrogen-bond donors (Lipinski definition) is 0. The van der Waals surface area contributed by atoms with E-state index in [0.29, 0.717) is 4.83 Å². The maximum absolute atomic E-state index is 6.01. The Morgan fingerprint density at radius 1 is 1.17 bits per heavy atom. The van der Waals surface area contributed by atoms with E-state index in [9.17, 15) is 0 Å². The molecule has 0 aliphatic carbocycles. The summed E-state index contributed by atoms with van der Waals surface area (Å²) in [4.78, 5) is 1.64. The van der Waals surface area contributed by atoms with Crippen LogP contribution in [0.3, 0.4) is 0 Å². The van der Waals surface area contributed by atoms with Crippen LogP contribution in [-0.4, -0.2) is 6.26 Å². The first-order chi connectivity index (χ1) is 8.70. The summed E-state index contributed by atoms with van der Waals surface area (Å²) in [6.45, 7) is 0. The molecule has 0 nitrogen and oxygen atoms in total. The van der Waals surface area contributed by atoms with Crippen molar-refractivity contribution in [3.05, 3.63) is 64.7 Å². The number of hydrogen-bond acceptors (Lipinski definition) is 1. The summed E-state index contributed by atoms with van der Waals surface area (Å²) in [5, 5.41) is 0.797. The topological polar surface area (TPSA) is 0 Å². The highest BCUT2D eigenvalue weighted by Crippen LogP contribution is 2.33. The molecule has 1 atom stereocenters. The lowest BCUT2D eigenvalue weighted by Gasteiger charge is -2.14. The van der Waals surface area contributed by atoms with Crippen LogP contribution in [0, 0.1) is 0 Å². The SMILES string of the molecule is CSc1ccccc1C(Br)Cc1cccc(Cl)c1. The van der Waals surface area contributed by atoms with Gasteiger partial charge in [-0.15, -0.1) is 11.8 Å². The molecular weight excluding hydrogens is 328 g/mol. The predicted molar refractivity (Wildman–Crippen MR) is 85.0 cm³/mol. The van der Waals surface area contributed by atoms with Crippen molar-refractivity contribution >= 4 is 39.3 Å². The zero-order valence-electron chi connectivity index (χ0n) is 10.1. The van der Waals surface area contributed by atoms with E-state index in [0.717, 1.165) is 11.4 Å². The normalized spacial score (nSPS) is 12.4. The van der Waals surface area contributed by atoms with Gasteiger partial charge in [0.15, 0.2) is 0 Å². The van der Waals surface area contributed by atoms with Gasteiger partial charge in [0, 0.05) is 14.7 Å². The Morgan fingerprint density at radius 2 is 1.94 bits per heavy atom. The van der Waals surface area contributed by atoms with Crippen molar-refractivity contribution in [3.8, 4) is 0 Å². The van der Waals surface area contributed by atoms with E-state index in [4.69, 9.17) is 11.6 Å². The molecule has 2 aromatic rings. The predicted octanol–water partition coefficient (Wildman–Crippen LogP) is 5.74. The molecule has 2 rings (SSSR count). The molecular formula is C15H14BrClS. The third-order valence-corrected chi connectivity index (χ3v) is 4.64. The Labute approximate surface area is 126 Å². The maximum atomic E-state index is 6.01. The molecule has 0 spiro atoms. The molecule has 0 amide bonds. The van der Waals surface area contributed by atoms with Gasteiger partial charge in [-0.3, -0.25) is 0 Å². The van der Waals surface area contributed by atoms with Gasteiger partial charge >= 0.3 is 0 Å². The lowest BCUT2D eigenvalue weighted by atomic mass is 10.0. The molecule has 0 saturated carbocycles. The molecule has 0 aromatic heterocycles. The molecule has 0 aliphatic rings. The summed E-state index contributed by atoms with van der Waals surface area (Å²) in [6.07, 6.45) is 3.05. The van der Waals surface area contributed by atoms with Crippen LogP contribution in [0.25, 0.3) is 0 Å². The van der Waals surface area contributed by atoms with Crippen LogP contribution in [0.2, 0.25) is 5.02 Å². The van der Waals surface area contributed by atoms with Crippen LogP contribution >= 0.6 is 39.3 Å². The third-order valence-electron chi connectivity index (χ3n) is 2.78. The van der Waals surface area contributed by atoms with Gasteiger partial charge in [-0.05, 0) is 42.0 Å². The summed E-state index contributed by atoms with van der Waals surface area (Å²) in [7, 11) is 0. The van der Waals surface area contributed by atoms with Crippen LogP contribution < -0.4 is 0 Å². The minimum atomic E-state index is 0.319. The first kappa shape index (κ1) is 14.0. The fourth-order valence-electron chi connectivity index (χ4n) is 1.91. The molecule has 1 unspecified atom stereocenters. The molecule has 0 saturated heterocycles. The molecule has 0 fully saturated rings.